The van der Waals surface area contributed by atoms with E-state index in [1.807, 2.05) is 17.5 Å². The Labute approximate surface area is 182 Å². The van der Waals surface area contributed by atoms with Crippen molar-refractivity contribution in [1.82, 2.24) is 20.5 Å². The molecule has 30 heavy (non-hydrogen) atoms. The molecule has 8 heteroatoms. The van der Waals surface area contributed by atoms with Crippen molar-refractivity contribution in [3.63, 3.8) is 0 Å². The van der Waals surface area contributed by atoms with Gasteiger partial charge in [0, 0.05) is 31.7 Å². The minimum absolute atomic E-state index is 0.207. The monoisotopic (exact) mass is 431 g/mol. The molecule has 0 aromatic carbocycles. The van der Waals surface area contributed by atoms with Gasteiger partial charge in [-0.25, -0.2) is 9.98 Å². The largest absolute Gasteiger partial charge is 0.443 e. The zero-order valence-corrected chi connectivity index (χ0v) is 18.7. The van der Waals surface area contributed by atoms with Crippen molar-refractivity contribution in [3.8, 4) is 10.8 Å². The van der Waals surface area contributed by atoms with Crippen molar-refractivity contribution in [2.75, 3.05) is 39.4 Å². The fraction of sp³-hybridized carbons (Fsp3) is 0.636. The Morgan fingerprint density at radius 3 is 2.80 bits per heavy atom. The SMILES string of the molecule is CCNC(=NCc1coc(-c2cccs2)n1)NCC1(N2CCOCC2)CCCCC1. The maximum absolute atomic E-state index is 5.62. The van der Waals surface area contributed by atoms with Crippen molar-refractivity contribution >= 4 is 17.3 Å². The van der Waals surface area contributed by atoms with Crippen LogP contribution in [0.5, 0.6) is 0 Å². The van der Waals surface area contributed by atoms with Gasteiger partial charge in [-0.2, -0.15) is 0 Å². The van der Waals surface area contributed by atoms with Crippen molar-refractivity contribution < 1.29 is 9.15 Å². The minimum atomic E-state index is 0.207. The lowest BCUT2D eigenvalue weighted by Gasteiger charge is -2.48. The number of nitrogens with one attached hydrogen (secondary N) is 2. The standard InChI is InChI=1S/C22H33N5O2S/c1-2-23-21(24-15-18-16-29-20(26-18)19-7-6-14-30-19)25-17-22(8-4-3-5-9-22)27-10-12-28-13-11-27/h6-7,14,16H,2-5,8-13,15,17H2,1H3,(H2,23,24,25). The summed E-state index contributed by atoms with van der Waals surface area (Å²) in [5.74, 6) is 1.51. The number of aliphatic imine (C=N–C) groups is 1. The van der Waals surface area contributed by atoms with Gasteiger partial charge in [0.15, 0.2) is 5.96 Å². The van der Waals surface area contributed by atoms with Crippen molar-refractivity contribution in [2.24, 2.45) is 4.99 Å². The Bertz CT molecular complexity index is 792. The number of nitrogens with zero attached hydrogens (tertiary/aromatic N) is 3. The number of oxazole rings is 1. The fourth-order valence-electron chi connectivity index (χ4n) is 4.50. The lowest BCUT2D eigenvalue weighted by Crippen LogP contribution is -2.60. The Hall–Kier alpha value is -1.90. The van der Waals surface area contributed by atoms with Crippen LogP contribution in [0.15, 0.2) is 33.2 Å². The van der Waals surface area contributed by atoms with Gasteiger partial charge in [0.25, 0.3) is 0 Å². The summed E-state index contributed by atoms with van der Waals surface area (Å²) in [6.45, 7) is 8.08. The number of hydrogen-bond acceptors (Lipinski definition) is 6. The Morgan fingerprint density at radius 2 is 2.07 bits per heavy atom. The average Bonchev–Trinajstić information content (AvgIpc) is 3.49. The van der Waals surface area contributed by atoms with Crippen molar-refractivity contribution in [1.29, 1.82) is 0 Å². The van der Waals surface area contributed by atoms with Crippen LogP contribution in [0, 0.1) is 0 Å². The van der Waals surface area contributed by atoms with Crippen molar-refractivity contribution in [3.05, 3.63) is 29.5 Å². The van der Waals surface area contributed by atoms with Crippen LogP contribution in [0.25, 0.3) is 10.8 Å². The molecule has 1 saturated carbocycles. The van der Waals surface area contributed by atoms with Crippen LogP contribution in [0.3, 0.4) is 0 Å². The number of ether oxygens (including phenoxy) is 1. The number of aromatic nitrogens is 1. The van der Waals surface area contributed by atoms with Gasteiger partial charge in [-0.15, -0.1) is 11.3 Å². The summed E-state index contributed by atoms with van der Waals surface area (Å²) in [4.78, 5) is 13.0. The first-order chi connectivity index (χ1) is 14.8. The van der Waals surface area contributed by atoms with Gasteiger partial charge in [-0.05, 0) is 31.2 Å². The zero-order chi connectivity index (χ0) is 20.7. The molecule has 0 radical (unpaired) electrons. The number of morpholine rings is 1. The van der Waals surface area contributed by atoms with E-state index < -0.39 is 0 Å². The second-order valence-electron chi connectivity index (χ2n) is 8.05. The Balaban J connectivity index is 1.40. The van der Waals surface area contributed by atoms with Gasteiger partial charge in [-0.3, -0.25) is 4.90 Å². The molecule has 1 aliphatic carbocycles. The van der Waals surface area contributed by atoms with E-state index in [0.717, 1.165) is 55.9 Å². The van der Waals surface area contributed by atoms with Crippen LogP contribution in [0.4, 0.5) is 0 Å². The smallest absolute Gasteiger partial charge is 0.236 e. The second-order valence-corrected chi connectivity index (χ2v) is 9.00. The summed E-state index contributed by atoms with van der Waals surface area (Å²) in [5, 5.41) is 9.05. The van der Waals surface area contributed by atoms with Crippen LogP contribution >= 0.6 is 11.3 Å². The van der Waals surface area contributed by atoms with Gasteiger partial charge in [0.2, 0.25) is 5.89 Å². The summed E-state index contributed by atoms with van der Waals surface area (Å²) >= 11 is 1.63. The molecule has 164 valence electrons. The van der Waals surface area contributed by atoms with Crippen molar-refractivity contribution in [2.45, 2.75) is 51.1 Å². The zero-order valence-electron chi connectivity index (χ0n) is 17.9. The fourth-order valence-corrected chi connectivity index (χ4v) is 5.15. The van der Waals surface area contributed by atoms with E-state index in [1.54, 1.807) is 17.6 Å². The summed E-state index contributed by atoms with van der Waals surface area (Å²) in [5.41, 5.74) is 1.05. The molecule has 2 aromatic heterocycles. The molecule has 2 fully saturated rings. The molecular weight excluding hydrogens is 398 g/mol. The van der Waals surface area contributed by atoms with Gasteiger partial charge in [0.05, 0.1) is 24.6 Å². The molecule has 0 bridgehead atoms. The third-order valence-electron chi connectivity index (χ3n) is 6.08. The molecule has 2 aromatic rings. The van der Waals surface area contributed by atoms with Gasteiger partial charge in [0.1, 0.15) is 12.0 Å². The molecule has 7 nitrogen and oxygen atoms in total. The van der Waals surface area contributed by atoms with Crippen LogP contribution in [0.2, 0.25) is 0 Å². The first-order valence-corrected chi connectivity index (χ1v) is 12.0. The number of thiophene rings is 1. The van der Waals surface area contributed by atoms with Gasteiger partial charge < -0.3 is 19.8 Å². The van der Waals surface area contributed by atoms with Crippen LogP contribution < -0.4 is 10.6 Å². The van der Waals surface area contributed by atoms with Gasteiger partial charge >= 0.3 is 0 Å². The highest BCUT2D eigenvalue weighted by molar-refractivity contribution is 7.13. The molecule has 0 atom stereocenters. The summed E-state index contributed by atoms with van der Waals surface area (Å²) in [6.07, 6.45) is 8.14. The number of hydrogen-bond donors (Lipinski definition) is 2. The van der Waals surface area contributed by atoms with E-state index in [0.29, 0.717) is 12.4 Å². The summed E-state index contributed by atoms with van der Waals surface area (Å²) in [7, 11) is 0. The predicted octanol–water partition coefficient (Wildman–Crippen LogP) is 3.49. The highest BCUT2D eigenvalue weighted by Crippen LogP contribution is 2.33. The Kier molecular flexibility index (Phi) is 7.41. The van der Waals surface area contributed by atoms with E-state index in [2.05, 4.69) is 27.4 Å². The minimum Gasteiger partial charge on any atom is -0.443 e. The Morgan fingerprint density at radius 1 is 1.23 bits per heavy atom. The lowest BCUT2D eigenvalue weighted by atomic mass is 9.80. The number of rotatable bonds is 7. The quantitative estimate of drug-likeness (QED) is 0.516. The third kappa shape index (κ3) is 5.22. The molecule has 0 amide bonds. The van der Waals surface area contributed by atoms with E-state index in [1.165, 1.54) is 32.1 Å². The maximum atomic E-state index is 5.62. The first-order valence-electron chi connectivity index (χ1n) is 11.1. The summed E-state index contributed by atoms with van der Waals surface area (Å²) in [6, 6.07) is 4.02. The highest BCUT2D eigenvalue weighted by Gasteiger charge is 2.38. The molecule has 2 aliphatic rings. The molecule has 4 rings (SSSR count). The van der Waals surface area contributed by atoms with Crippen LogP contribution in [0.1, 0.15) is 44.7 Å². The molecule has 0 spiro atoms. The molecule has 1 saturated heterocycles. The van der Waals surface area contributed by atoms with Crippen LogP contribution in [-0.4, -0.2) is 60.8 Å². The van der Waals surface area contributed by atoms with Gasteiger partial charge in [-0.1, -0.05) is 25.3 Å². The molecule has 1 aliphatic heterocycles. The third-order valence-corrected chi connectivity index (χ3v) is 6.94. The normalized spacial score (nSPS) is 20.2. The molecule has 3 heterocycles. The highest BCUT2D eigenvalue weighted by atomic mass is 32.1. The molecular formula is C22H33N5O2S. The first kappa shape index (κ1) is 21.3. The number of guanidine groups is 1. The van der Waals surface area contributed by atoms with E-state index in [9.17, 15) is 0 Å². The maximum Gasteiger partial charge on any atom is 0.236 e. The second kappa shape index (κ2) is 10.4. The van der Waals surface area contributed by atoms with E-state index >= 15 is 0 Å². The predicted molar refractivity (Wildman–Crippen MR) is 121 cm³/mol. The lowest BCUT2D eigenvalue weighted by molar-refractivity contribution is -0.0352. The van der Waals surface area contributed by atoms with E-state index in [-0.39, 0.29) is 5.54 Å². The molecule has 0 unspecified atom stereocenters. The molecule has 2 N–H and O–H groups in total. The topological polar surface area (TPSA) is 74.9 Å². The van der Waals surface area contributed by atoms with E-state index in [4.69, 9.17) is 14.1 Å². The van der Waals surface area contributed by atoms with Crippen LogP contribution in [-0.2, 0) is 11.3 Å². The summed E-state index contributed by atoms with van der Waals surface area (Å²) < 4.78 is 11.2. The average molecular weight is 432 g/mol.